The summed E-state index contributed by atoms with van der Waals surface area (Å²) in [6.45, 7) is 0. The number of ether oxygens (including phenoxy) is 1. The number of aryl methyl sites for hydroxylation is 1. The van der Waals surface area contributed by atoms with Gasteiger partial charge in [0.05, 0.1) is 18.7 Å². The first-order valence-corrected chi connectivity index (χ1v) is 11.9. The Morgan fingerprint density at radius 2 is 1.47 bits per heavy atom. The van der Waals surface area contributed by atoms with E-state index in [-0.39, 0.29) is 52.8 Å². The van der Waals surface area contributed by atoms with Crippen molar-refractivity contribution in [3.05, 3.63) is 64.7 Å². The molecule has 5 nitrogen and oxygen atoms in total. The van der Waals surface area contributed by atoms with E-state index in [1.54, 1.807) is 0 Å². The van der Waals surface area contributed by atoms with Gasteiger partial charge in [-0.25, -0.2) is 0 Å². The highest BCUT2D eigenvalue weighted by Crippen LogP contribution is 2.55. The Labute approximate surface area is 210 Å². The van der Waals surface area contributed by atoms with Gasteiger partial charge in [-0.15, -0.1) is 0 Å². The molecule has 2 aromatic rings. The third-order valence-corrected chi connectivity index (χ3v) is 6.96. The number of nitriles is 1. The standard InChI is InChI=1S/C23H16F9NO4S/c1-36-16-9-10-18-15(11-16)3-2-4-17(14-7-5-13(12-33)6-8-14)19(18)37-38(34,35)23(31,32)21(26,27)20(24,25)22(28,29)30/h5-11H,2-4H2,1H3. The number of halogens is 9. The van der Waals surface area contributed by atoms with Gasteiger partial charge in [-0.1, -0.05) is 12.1 Å². The molecule has 0 N–H and O–H groups in total. The molecule has 0 bridgehead atoms. The fourth-order valence-electron chi connectivity index (χ4n) is 3.65. The summed E-state index contributed by atoms with van der Waals surface area (Å²) in [6.07, 6.45) is -6.94. The Hall–Kier alpha value is -3.41. The Balaban J connectivity index is 2.24. The molecule has 0 spiro atoms. The van der Waals surface area contributed by atoms with Crippen molar-refractivity contribution in [3.8, 4) is 11.8 Å². The fraction of sp³-hybridized carbons (Fsp3) is 0.348. The predicted molar refractivity (Wildman–Crippen MR) is 115 cm³/mol. The summed E-state index contributed by atoms with van der Waals surface area (Å²) in [6, 6.07) is 10.6. The fourth-order valence-corrected chi connectivity index (χ4v) is 4.61. The molecule has 38 heavy (non-hydrogen) atoms. The Bertz CT molecular complexity index is 1390. The number of alkyl halides is 9. The SMILES string of the molecule is COc1ccc2c(c1)CCCC(c1ccc(C#N)cc1)=C2OS(=O)(=O)C(F)(F)C(F)(F)C(F)(F)C(F)(F)F. The molecular formula is C23H16F9NO4S. The van der Waals surface area contributed by atoms with Crippen molar-refractivity contribution in [2.75, 3.05) is 7.11 Å². The predicted octanol–water partition coefficient (Wildman–Crippen LogP) is 6.54. The lowest BCUT2D eigenvalue weighted by atomic mass is 9.98. The monoisotopic (exact) mass is 573 g/mol. The molecular weight excluding hydrogens is 557 g/mol. The Kier molecular flexibility index (Phi) is 7.45. The largest absolute Gasteiger partial charge is 0.497 e. The number of methoxy groups -OCH3 is 1. The Morgan fingerprint density at radius 1 is 0.868 bits per heavy atom. The number of nitrogens with zero attached hydrogens (tertiary/aromatic N) is 1. The lowest BCUT2D eigenvalue weighted by Gasteiger charge is -2.32. The number of hydrogen-bond acceptors (Lipinski definition) is 5. The van der Waals surface area contributed by atoms with Gasteiger partial charge in [-0.2, -0.15) is 53.2 Å². The van der Waals surface area contributed by atoms with E-state index in [1.807, 2.05) is 6.07 Å². The second kappa shape index (κ2) is 9.72. The van der Waals surface area contributed by atoms with Gasteiger partial charge in [-0.3, -0.25) is 0 Å². The molecule has 2 aromatic carbocycles. The summed E-state index contributed by atoms with van der Waals surface area (Å²) in [5.74, 6) is -15.6. The summed E-state index contributed by atoms with van der Waals surface area (Å²) in [5, 5.41) is 1.96. The van der Waals surface area contributed by atoms with Gasteiger partial charge in [0.25, 0.3) is 0 Å². The zero-order valence-corrected chi connectivity index (χ0v) is 19.9. The molecule has 1 aliphatic rings. The van der Waals surface area contributed by atoms with Gasteiger partial charge in [0.15, 0.2) is 5.76 Å². The normalized spacial score (nSPS) is 15.4. The number of hydrogen-bond donors (Lipinski definition) is 0. The number of allylic oxidation sites excluding steroid dienone is 1. The van der Waals surface area contributed by atoms with E-state index in [1.165, 1.54) is 43.5 Å². The van der Waals surface area contributed by atoms with Crippen LogP contribution in [0.5, 0.6) is 5.75 Å². The van der Waals surface area contributed by atoms with Crippen molar-refractivity contribution in [1.82, 2.24) is 0 Å². The van der Waals surface area contributed by atoms with E-state index < -0.39 is 39.2 Å². The molecule has 3 rings (SSSR count). The van der Waals surface area contributed by atoms with E-state index in [0.29, 0.717) is 0 Å². The van der Waals surface area contributed by atoms with Crippen molar-refractivity contribution < 1.29 is 56.9 Å². The maximum atomic E-state index is 14.5. The van der Waals surface area contributed by atoms with Crippen LogP contribution in [-0.4, -0.2) is 38.8 Å². The molecule has 0 saturated carbocycles. The topological polar surface area (TPSA) is 76.4 Å². The highest BCUT2D eigenvalue weighted by Gasteiger charge is 2.86. The van der Waals surface area contributed by atoms with Crippen molar-refractivity contribution >= 4 is 21.5 Å². The first kappa shape index (κ1) is 29.2. The number of benzene rings is 2. The van der Waals surface area contributed by atoms with Crippen molar-refractivity contribution in [1.29, 1.82) is 5.26 Å². The highest BCUT2D eigenvalue weighted by atomic mass is 32.2. The maximum Gasteiger partial charge on any atom is 0.460 e. The van der Waals surface area contributed by atoms with Crippen LogP contribution >= 0.6 is 0 Å². The molecule has 0 fully saturated rings. The molecule has 0 saturated heterocycles. The van der Waals surface area contributed by atoms with E-state index in [2.05, 4.69) is 4.18 Å². The van der Waals surface area contributed by atoms with Crippen molar-refractivity contribution in [2.24, 2.45) is 0 Å². The van der Waals surface area contributed by atoms with Crippen LogP contribution in [0.15, 0.2) is 42.5 Å². The van der Waals surface area contributed by atoms with E-state index in [0.717, 1.165) is 6.07 Å². The van der Waals surface area contributed by atoms with Gasteiger partial charge in [0, 0.05) is 11.1 Å². The zero-order valence-electron chi connectivity index (χ0n) is 19.1. The lowest BCUT2D eigenvalue weighted by molar-refractivity contribution is -0.382. The van der Waals surface area contributed by atoms with Crippen molar-refractivity contribution in [2.45, 2.75) is 42.5 Å². The molecule has 0 radical (unpaired) electrons. The van der Waals surface area contributed by atoms with Gasteiger partial charge < -0.3 is 8.92 Å². The second-order valence-electron chi connectivity index (χ2n) is 8.07. The summed E-state index contributed by atoms with van der Waals surface area (Å²) < 4.78 is 155. The number of rotatable bonds is 7. The maximum absolute atomic E-state index is 14.5. The first-order chi connectivity index (χ1) is 17.4. The van der Waals surface area contributed by atoms with Crippen LogP contribution in [0.4, 0.5) is 39.5 Å². The van der Waals surface area contributed by atoms with Crippen LogP contribution < -0.4 is 4.74 Å². The third kappa shape index (κ3) is 4.77. The highest BCUT2D eigenvalue weighted by molar-refractivity contribution is 7.88. The van der Waals surface area contributed by atoms with Gasteiger partial charge in [0.2, 0.25) is 0 Å². The van der Waals surface area contributed by atoms with Gasteiger partial charge in [-0.05, 0) is 60.7 Å². The Morgan fingerprint density at radius 3 is 2.00 bits per heavy atom. The minimum Gasteiger partial charge on any atom is -0.497 e. The molecule has 15 heteroatoms. The van der Waals surface area contributed by atoms with Crippen LogP contribution in [0.2, 0.25) is 0 Å². The lowest BCUT2D eigenvalue weighted by Crippen LogP contribution is -2.63. The van der Waals surface area contributed by atoms with Gasteiger partial charge in [0.1, 0.15) is 5.75 Å². The average molecular weight is 573 g/mol. The van der Waals surface area contributed by atoms with Gasteiger partial charge >= 0.3 is 33.4 Å². The van der Waals surface area contributed by atoms with E-state index in [4.69, 9.17) is 10.00 Å². The molecule has 0 aromatic heterocycles. The van der Waals surface area contributed by atoms with Crippen LogP contribution in [0.3, 0.4) is 0 Å². The quantitative estimate of drug-likeness (QED) is 0.278. The number of fused-ring (bicyclic) bond motifs is 1. The minimum atomic E-state index is -7.44. The molecule has 206 valence electrons. The molecule has 1 aliphatic carbocycles. The molecule has 0 heterocycles. The van der Waals surface area contributed by atoms with Crippen LogP contribution in [-0.2, 0) is 20.7 Å². The first-order valence-electron chi connectivity index (χ1n) is 10.5. The summed E-state index contributed by atoms with van der Waals surface area (Å²) in [5.41, 5.74) is 0.0721. The minimum absolute atomic E-state index is 0.0913. The molecule has 0 atom stereocenters. The summed E-state index contributed by atoms with van der Waals surface area (Å²) in [7, 11) is -5.91. The molecule has 0 unspecified atom stereocenters. The van der Waals surface area contributed by atoms with Crippen LogP contribution in [0.1, 0.15) is 35.1 Å². The summed E-state index contributed by atoms with van der Waals surface area (Å²) >= 11 is 0. The third-order valence-electron chi connectivity index (χ3n) is 5.69. The molecule has 0 amide bonds. The zero-order chi connectivity index (χ0) is 28.7. The average Bonchev–Trinajstić information content (AvgIpc) is 3.01. The molecule has 0 aliphatic heterocycles. The second-order valence-corrected chi connectivity index (χ2v) is 9.66. The van der Waals surface area contributed by atoms with Crippen LogP contribution in [0.25, 0.3) is 11.3 Å². The summed E-state index contributed by atoms with van der Waals surface area (Å²) in [4.78, 5) is 0. The van der Waals surface area contributed by atoms with E-state index >= 15 is 0 Å². The van der Waals surface area contributed by atoms with Crippen molar-refractivity contribution in [3.63, 3.8) is 0 Å². The van der Waals surface area contributed by atoms with Crippen LogP contribution in [0, 0.1) is 11.3 Å². The van der Waals surface area contributed by atoms with E-state index in [9.17, 15) is 47.9 Å². The smallest absolute Gasteiger partial charge is 0.460 e.